The van der Waals surface area contributed by atoms with Gasteiger partial charge in [-0.2, -0.15) is 5.10 Å². The summed E-state index contributed by atoms with van der Waals surface area (Å²) in [7, 11) is 2.17. The molecule has 3 aliphatic carbocycles. The molecule has 2 fully saturated rings. The maximum atomic E-state index is 13.8. The van der Waals surface area contributed by atoms with Gasteiger partial charge in [-0.05, 0) is 86.0 Å². The third-order valence-corrected chi connectivity index (χ3v) is 10.2. The van der Waals surface area contributed by atoms with Gasteiger partial charge < -0.3 is 9.84 Å². The Morgan fingerprint density at radius 1 is 1.05 bits per heavy atom. The van der Waals surface area contributed by atoms with Crippen LogP contribution in [0.1, 0.15) is 55.7 Å². The number of benzene rings is 3. The summed E-state index contributed by atoms with van der Waals surface area (Å²) in [5.41, 5.74) is 3.54. The number of likely N-dealkylation sites (N-methyl/N-ethyl adjacent to an activating group) is 1. The van der Waals surface area contributed by atoms with E-state index in [9.17, 15) is 9.90 Å². The summed E-state index contributed by atoms with van der Waals surface area (Å²) in [6.45, 7) is 3.66. The molecule has 1 N–H and O–H groups in total. The van der Waals surface area contributed by atoms with Gasteiger partial charge in [0, 0.05) is 24.4 Å². The monoisotopic (exact) mass is 549 g/mol. The van der Waals surface area contributed by atoms with E-state index in [0.29, 0.717) is 25.4 Å². The van der Waals surface area contributed by atoms with Crippen molar-refractivity contribution in [3.63, 3.8) is 0 Å². The molecule has 1 aliphatic heterocycles. The molecule has 0 saturated heterocycles. The third kappa shape index (κ3) is 4.39. The van der Waals surface area contributed by atoms with Gasteiger partial charge in [0.1, 0.15) is 12.4 Å². The van der Waals surface area contributed by atoms with Crippen molar-refractivity contribution < 1.29 is 14.6 Å². The first-order chi connectivity index (χ1) is 19.9. The van der Waals surface area contributed by atoms with E-state index in [2.05, 4.69) is 49.2 Å². The second kappa shape index (κ2) is 10.1. The highest BCUT2D eigenvalue weighted by Gasteiger charge is 2.65. The van der Waals surface area contributed by atoms with Gasteiger partial charge in [-0.1, -0.05) is 61.5 Å². The maximum absolute atomic E-state index is 13.8. The molecule has 1 unspecified atom stereocenters. The minimum absolute atomic E-state index is 0.0290. The Labute approximate surface area is 242 Å². The van der Waals surface area contributed by atoms with E-state index in [4.69, 9.17) is 9.84 Å². The number of carbonyl (C=O) groups is 1. The van der Waals surface area contributed by atoms with Gasteiger partial charge in [0.2, 0.25) is 0 Å². The van der Waals surface area contributed by atoms with Crippen LogP contribution in [-0.4, -0.2) is 46.9 Å². The van der Waals surface area contributed by atoms with Crippen molar-refractivity contribution in [1.82, 2.24) is 4.90 Å². The Kier molecular flexibility index (Phi) is 6.51. The largest absolute Gasteiger partial charge is 0.489 e. The van der Waals surface area contributed by atoms with Crippen LogP contribution in [0.25, 0.3) is 0 Å². The fraction of sp³-hybridized carbons (Fsp3) is 0.429. The molecule has 1 amide bonds. The summed E-state index contributed by atoms with van der Waals surface area (Å²) >= 11 is 0. The zero-order valence-corrected chi connectivity index (χ0v) is 24.0. The van der Waals surface area contributed by atoms with E-state index in [-0.39, 0.29) is 11.9 Å². The van der Waals surface area contributed by atoms with E-state index >= 15 is 0 Å². The number of fused-ring (bicyclic) bond motifs is 4. The molecule has 3 aromatic carbocycles. The summed E-state index contributed by atoms with van der Waals surface area (Å²) in [5.74, 6) is 1.08. The first-order valence-corrected chi connectivity index (χ1v) is 15.1. The second-order valence-electron chi connectivity index (χ2n) is 12.6. The molecule has 3 aromatic rings. The van der Waals surface area contributed by atoms with Crippen LogP contribution in [0, 0.1) is 11.8 Å². The highest BCUT2D eigenvalue weighted by atomic mass is 16.5. The molecule has 212 valence electrons. The molecule has 0 aromatic heterocycles. The predicted octanol–water partition coefficient (Wildman–Crippen LogP) is 5.72. The Morgan fingerprint density at radius 2 is 1.78 bits per heavy atom. The van der Waals surface area contributed by atoms with E-state index in [1.807, 2.05) is 48.5 Å². The number of amides is 1. The molecule has 41 heavy (non-hydrogen) atoms. The van der Waals surface area contributed by atoms with E-state index in [0.717, 1.165) is 47.7 Å². The van der Waals surface area contributed by atoms with Crippen molar-refractivity contribution >= 4 is 17.3 Å². The molecule has 2 saturated carbocycles. The van der Waals surface area contributed by atoms with Gasteiger partial charge in [0.25, 0.3) is 5.91 Å². The number of carbonyl (C=O) groups excluding carboxylic acids is 1. The Balaban J connectivity index is 1.30. The lowest BCUT2D eigenvalue weighted by Crippen LogP contribution is -2.70. The SMILES string of the molecule is CC[C@]12CC3=NN(c4ccccc4)C(=O)C3C[C@@]1(O)[C@H](N(C)CC1CC1)Cc1ccc(OCc3ccccc3)cc12. The van der Waals surface area contributed by atoms with E-state index < -0.39 is 16.9 Å². The summed E-state index contributed by atoms with van der Waals surface area (Å²) < 4.78 is 6.29. The van der Waals surface area contributed by atoms with Crippen LogP contribution < -0.4 is 9.75 Å². The van der Waals surface area contributed by atoms with Crippen molar-refractivity contribution in [3.05, 3.63) is 95.6 Å². The zero-order valence-electron chi connectivity index (χ0n) is 24.0. The Hall–Kier alpha value is -3.48. The topological polar surface area (TPSA) is 65.4 Å². The highest BCUT2D eigenvalue weighted by Crippen LogP contribution is 2.58. The molecule has 0 bridgehead atoms. The number of para-hydroxylation sites is 1. The Bertz CT molecular complexity index is 1470. The van der Waals surface area contributed by atoms with Crippen LogP contribution in [0.2, 0.25) is 0 Å². The smallest absolute Gasteiger partial charge is 0.256 e. The quantitative estimate of drug-likeness (QED) is 0.390. The second-order valence-corrected chi connectivity index (χ2v) is 12.6. The molecular formula is C35H39N3O3. The normalized spacial score (nSPS) is 28.6. The number of hydrogen-bond donors (Lipinski definition) is 1. The molecule has 1 heterocycles. The number of hydrogen-bond acceptors (Lipinski definition) is 5. The van der Waals surface area contributed by atoms with Gasteiger partial charge in [0.05, 0.1) is 22.9 Å². The molecule has 4 atom stereocenters. The van der Waals surface area contributed by atoms with Gasteiger partial charge in [-0.25, -0.2) is 5.01 Å². The fourth-order valence-electron chi connectivity index (χ4n) is 7.77. The van der Waals surface area contributed by atoms with Crippen LogP contribution in [0.4, 0.5) is 5.69 Å². The summed E-state index contributed by atoms with van der Waals surface area (Å²) in [4.78, 5) is 16.2. The van der Waals surface area contributed by atoms with Crippen molar-refractivity contribution in [3.8, 4) is 5.75 Å². The first kappa shape index (κ1) is 26.4. The number of aliphatic hydroxyl groups is 1. The van der Waals surface area contributed by atoms with Crippen LogP contribution in [-0.2, 0) is 23.2 Å². The minimum Gasteiger partial charge on any atom is -0.489 e. The predicted molar refractivity (Wildman–Crippen MR) is 161 cm³/mol. The Morgan fingerprint density at radius 3 is 2.49 bits per heavy atom. The molecule has 7 rings (SSSR count). The highest BCUT2D eigenvalue weighted by molar-refractivity contribution is 6.16. The maximum Gasteiger partial charge on any atom is 0.256 e. The molecule has 6 heteroatoms. The van der Waals surface area contributed by atoms with Gasteiger partial charge in [-0.3, -0.25) is 9.69 Å². The summed E-state index contributed by atoms with van der Waals surface area (Å²) in [6, 6.07) is 26.2. The molecule has 4 aliphatic rings. The molecule has 0 spiro atoms. The van der Waals surface area contributed by atoms with Crippen molar-refractivity contribution in [2.75, 3.05) is 18.6 Å². The van der Waals surface area contributed by atoms with Gasteiger partial charge >= 0.3 is 0 Å². The lowest BCUT2D eigenvalue weighted by atomic mass is 9.49. The van der Waals surface area contributed by atoms with Crippen molar-refractivity contribution in [2.45, 2.75) is 69.1 Å². The number of anilines is 1. The number of ether oxygens (including phenoxy) is 1. The average molecular weight is 550 g/mol. The van der Waals surface area contributed by atoms with E-state index in [1.54, 1.807) is 5.01 Å². The standard InChI is InChI=1S/C35H39N3O3/c1-3-34-21-31-29(33(39)38(36-31)27-12-8-5-9-13-27)20-35(34,40)32(37(2)22-24-14-15-24)18-26-16-17-28(19-30(26)34)41-23-25-10-6-4-7-11-25/h4-13,16-17,19,24,29,32,40H,3,14-15,18,20-23H2,1-2H3/t29?,32-,34-,35-/m1/s1. The fourth-order valence-corrected chi connectivity index (χ4v) is 7.77. The number of rotatable bonds is 8. The van der Waals surface area contributed by atoms with Crippen molar-refractivity contribution in [2.24, 2.45) is 16.9 Å². The average Bonchev–Trinajstić information content (AvgIpc) is 3.77. The van der Waals surface area contributed by atoms with E-state index in [1.165, 1.54) is 18.4 Å². The third-order valence-electron chi connectivity index (χ3n) is 10.2. The molecule has 0 radical (unpaired) electrons. The molecule has 6 nitrogen and oxygen atoms in total. The summed E-state index contributed by atoms with van der Waals surface area (Å²) in [6.07, 6.45) is 4.97. The van der Waals surface area contributed by atoms with Crippen LogP contribution in [0.5, 0.6) is 5.75 Å². The van der Waals surface area contributed by atoms with Crippen LogP contribution in [0.15, 0.2) is 84.0 Å². The molecular weight excluding hydrogens is 510 g/mol. The first-order valence-electron chi connectivity index (χ1n) is 15.1. The number of nitrogens with zero attached hydrogens (tertiary/aromatic N) is 3. The minimum atomic E-state index is -1.08. The summed E-state index contributed by atoms with van der Waals surface area (Å²) in [5, 5.41) is 19.5. The lowest BCUT2D eigenvalue weighted by molar-refractivity contribution is -0.138. The van der Waals surface area contributed by atoms with Gasteiger partial charge in [0.15, 0.2) is 0 Å². The van der Waals surface area contributed by atoms with Crippen LogP contribution in [0.3, 0.4) is 0 Å². The van der Waals surface area contributed by atoms with Gasteiger partial charge in [-0.15, -0.1) is 0 Å². The number of hydrazone groups is 1. The zero-order chi connectivity index (χ0) is 28.2. The van der Waals surface area contributed by atoms with Crippen LogP contribution >= 0.6 is 0 Å². The van der Waals surface area contributed by atoms with Crippen molar-refractivity contribution in [1.29, 1.82) is 0 Å². The lowest BCUT2D eigenvalue weighted by Gasteiger charge is -2.60.